The molecule has 2 N–H and O–H groups in total. The Kier molecular flexibility index (Phi) is 6.85. The molecule has 4 rings (SSSR count). The zero-order valence-electron chi connectivity index (χ0n) is 18.4. The van der Waals surface area contributed by atoms with Gasteiger partial charge in [-0.3, -0.25) is 19.3 Å². The number of rotatable bonds is 7. The second kappa shape index (κ2) is 9.96. The molecule has 7 heteroatoms. The lowest BCUT2D eigenvalue weighted by molar-refractivity contribution is -0.136. The van der Waals surface area contributed by atoms with Crippen molar-refractivity contribution in [3.05, 3.63) is 71.8 Å². The Morgan fingerprint density at radius 3 is 2.06 bits per heavy atom. The molecular weight excluding hydrogens is 404 g/mol. The van der Waals surface area contributed by atoms with Crippen LogP contribution in [0.15, 0.2) is 60.7 Å². The smallest absolute Gasteiger partial charge is 0.252 e. The standard InChI is InChI=1S/C25H30N4O3/c1-18(23(30)26-21-12-13-21)28-14-16-29(17-15-28)25(32)22(19-8-4-2-5-9-19)27-24(31)20-10-6-3-7-11-20/h2-11,18,21-22H,12-17H2,1H3,(H,26,30)(H,27,31). The highest BCUT2D eigenvalue weighted by Gasteiger charge is 2.33. The van der Waals surface area contributed by atoms with E-state index < -0.39 is 6.04 Å². The van der Waals surface area contributed by atoms with Crippen molar-refractivity contribution in [1.82, 2.24) is 20.4 Å². The average Bonchev–Trinajstić information content (AvgIpc) is 3.66. The number of nitrogens with zero attached hydrogens (tertiary/aromatic N) is 2. The van der Waals surface area contributed by atoms with Crippen LogP contribution in [0, 0.1) is 0 Å². The van der Waals surface area contributed by atoms with E-state index in [0.717, 1.165) is 18.4 Å². The minimum atomic E-state index is -0.758. The van der Waals surface area contributed by atoms with Crippen LogP contribution in [0.1, 0.15) is 41.7 Å². The molecular formula is C25H30N4O3. The van der Waals surface area contributed by atoms with E-state index in [0.29, 0.717) is 37.8 Å². The first-order chi connectivity index (χ1) is 15.5. The summed E-state index contributed by atoms with van der Waals surface area (Å²) >= 11 is 0. The number of hydrogen-bond acceptors (Lipinski definition) is 4. The Balaban J connectivity index is 1.41. The minimum Gasteiger partial charge on any atom is -0.352 e. The van der Waals surface area contributed by atoms with Crippen LogP contribution in [0.3, 0.4) is 0 Å². The van der Waals surface area contributed by atoms with Crippen LogP contribution >= 0.6 is 0 Å². The Bertz CT molecular complexity index is 938. The zero-order chi connectivity index (χ0) is 22.5. The lowest BCUT2D eigenvalue weighted by Gasteiger charge is -2.38. The third-order valence-electron chi connectivity index (χ3n) is 6.17. The molecule has 1 aliphatic heterocycles. The predicted octanol–water partition coefficient (Wildman–Crippen LogP) is 1.97. The monoisotopic (exact) mass is 434 g/mol. The van der Waals surface area contributed by atoms with E-state index in [9.17, 15) is 14.4 Å². The molecule has 2 aromatic carbocycles. The number of carbonyl (C=O) groups excluding carboxylic acids is 3. The fourth-order valence-electron chi connectivity index (χ4n) is 3.96. The summed E-state index contributed by atoms with van der Waals surface area (Å²) in [5, 5.41) is 5.97. The van der Waals surface area contributed by atoms with Crippen molar-refractivity contribution in [3.63, 3.8) is 0 Å². The molecule has 7 nitrogen and oxygen atoms in total. The van der Waals surface area contributed by atoms with Crippen LogP contribution < -0.4 is 10.6 Å². The maximum atomic E-state index is 13.4. The van der Waals surface area contributed by atoms with Gasteiger partial charge in [-0.15, -0.1) is 0 Å². The third-order valence-corrected chi connectivity index (χ3v) is 6.17. The molecule has 2 aromatic rings. The number of nitrogens with one attached hydrogen (secondary N) is 2. The van der Waals surface area contributed by atoms with E-state index in [2.05, 4.69) is 15.5 Å². The molecule has 2 atom stereocenters. The van der Waals surface area contributed by atoms with E-state index >= 15 is 0 Å². The van der Waals surface area contributed by atoms with E-state index in [1.54, 1.807) is 29.2 Å². The van der Waals surface area contributed by atoms with Crippen molar-refractivity contribution in [2.24, 2.45) is 0 Å². The zero-order valence-corrected chi connectivity index (χ0v) is 18.4. The van der Waals surface area contributed by atoms with Crippen molar-refractivity contribution < 1.29 is 14.4 Å². The van der Waals surface area contributed by atoms with E-state index in [1.165, 1.54) is 0 Å². The first kappa shape index (κ1) is 22.0. The molecule has 0 spiro atoms. The molecule has 2 unspecified atom stereocenters. The van der Waals surface area contributed by atoms with Gasteiger partial charge in [-0.1, -0.05) is 48.5 Å². The van der Waals surface area contributed by atoms with Crippen LogP contribution in [0.4, 0.5) is 0 Å². The average molecular weight is 435 g/mol. The van der Waals surface area contributed by atoms with Crippen molar-refractivity contribution in [1.29, 1.82) is 0 Å². The molecule has 168 valence electrons. The first-order valence-electron chi connectivity index (χ1n) is 11.3. The molecule has 3 amide bonds. The molecule has 1 aliphatic carbocycles. The van der Waals surface area contributed by atoms with Gasteiger partial charge in [-0.05, 0) is 37.5 Å². The lowest BCUT2D eigenvalue weighted by atomic mass is 10.0. The van der Waals surface area contributed by atoms with Gasteiger partial charge in [0.05, 0.1) is 6.04 Å². The molecule has 2 fully saturated rings. The fourth-order valence-corrected chi connectivity index (χ4v) is 3.96. The number of carbonyl (C=O) groups is 3. The Hall–Kier alpha value is -3.19. The predicted molar refractivity (Wildman–Crippen MR) is 122 cm³/mol. The summed E-state index contributed by atoms with van der Waals surface area (Å²) in [4.78, 5) is 42.5. The number of piperazine rings is 1. The molecule has 32 heavy (non-hydrogen) atoms. The van der Waals surface area contributed by atoms with Gasteiger partial charge in [0.2, 0.25) is 11.8 Å². The highest BCUT2D eigenvalue weighted by molar-refractivity contribution is 5.97. The number of benzene rings is 2. The Morgan fingerprint density at radius 2 is 1.47 bits per heavy atom. The highest BCUT2D eigenvalue weighted by atomic mass is 16.2. The van der Waals surface area contributed by atoms with Crippen molar-refractivity contribution in [2.45, 2.75) is 37.9 Å². The Labute approximate surface area is 188 Å². The van der Waals surface area contributed by atoms with Gasteiger partial charge in [0.25, 0.3) is 5.91 Å². The van der Waals surface area contributed by atoms with Gasteiger partial charge in [-0.2, -0.15) is 0 Å². The molecule has 1 heterocycles. The molecule has 0 bridgehead atoms. The molecule has 1 saturated carbocycles. The van der Waals surface area contributed by atoms with Gasteiger partial charge in [0.15, 0.2) is 0 Å². The quantitative estimate of drug-likeness (QED) is 0.698. The normalized spacial score (nSPS) is 18.5. The summed E-state index contributed by atoms with van der Waals surface area (Å²) in [6.45, 7) is 4.20. The first-order valence-corrected chi connectivity index (χ1v) is 11.3. The topological polar surface area (TPSA) is 81.8 Å². The minimum absolute atomic E-state index is 0.0598. The van der Waals surface area contributed by atoms with E-state index in [-0.39, 0.29) is 23.8 Å². The van der Waals surface area contributed by atoms with Crippen molar-refractivity contribution >= 4 is 17.7 Å². The van der Waals surface area contributed by atoms with Crippen LogP contribution in [0.5, 0.6) is 0 Å². The van der Waals surface area contributed by atoms with Gasteiger partial charge in [-0.25, -0.2) is 0 Å². The lowest BCUT2D eigenvalue weighted by Crippen LogP contribution is -2.56. The van der Waals surface area contributed by atoms with Crippen LogP contribution in [0.2, 0.25) is 0 Å². The second-order valence-electron chi connectivity index (χ2n) is 8.50. The maximum absolute atomic E-state index is 13.4. The highest BCUT2D eigenvalue weighted by Crippen LogP contribution is 2.21. The summed E-state index contributed by atoms with van der Waals surface area (Å²) in [5.74, 6) is -0.350. The van der Waals surface area contributed by atoms with Crippen molar-refractivity contribution in [2.75, 3.05) is 26.2 Å². The molecule has 0 radical (unpaired) electrons. The molecule has 2 aliphatic rings. The number of amides is 3. The van der Waals surface area contributed by atoms with Gasteiger partial charge >= 0.3 is 0 Å². The molecule has 1 saturated heterocycles. The van der Waals surface area contributed by atoms with Crippen LogP contribution in [0.25, 0.3) is 0 Å². The summed E-state index contributed by atoms with van der Waals surface area (Å²) in [5.41, 5.74) is 1.27. The fraction of sp³-hybridized carbons (Fsp3) is 0.400. The number of hydrogen-bond donors (Lipinski definition) is 2. The summed E-state index contributed by atoms with van der Waals surface area (Å²) in [7, 11) is 0. The third kappa shape index (κ3) is 5.34. The van der Waals surface area contributed by atoms with Gasteiger partial charge < -0.3 is 15.5 Å². The van der Waals surface area contributed by atoms with Gasteiger partial charge in [0, 0.05) is 37.8 Å². The van der Waals surface area contributed by atoms with Crippen LogP contribution in [-0.2, 0) is 9.59 Å². The Morgan fingerprint density at radius 1 is 0.875 bits per heavy atom. The summed E-state index contributed by atoms with van der Waals surface area (Å²) in [6.07, 6.45) is 2.13. The maximum Gasteiger partial charge on any atom is 0.252 e. The summed E-state index contributed by atoms with van der Waals surface area (Å²) in [6, 6.07) is 17.6. The van der Waals surface area contributed by atoms with Gasteiger partial charge in [0.1, 0.15) is 6.04 Å². The second-order valence-corrected chi connectivity index (χ2v) is 8.50. The SMILES string of the molecule is CC(C(=O)NC1CC1)N1CCN(C(=O)C(NC(=O)c2ccccc2)c2ccccc2)CC1. The largest absolute Gasteiger partial charge is 0.352 e. The van der Waals surface area contributed by atoms with Crippen molar-refractivity contribution in [3.8, 4) is 0 Å². The molecule has 0 aromatic heterocycles. The summed E-state index contributed by atoms with van der Waals surface area (Å²) < 4.78 is 0. The van der Waals surface area contributed by atoms with E-state index in [1.807, 2.05) is 43.3 Å². The van der Waals surface area contributed by atoms with Crippen LogP contribution in [-0.4, -0.2) is 65.8 Å². The van der Waals surface area contributed by atoms with E-state index in [4.69, 9.17) is 0 Å².